The minimum Gasteiger partial charge on any atom is -0.490 e. The lowest BCUT2D eigenvalue weighted by Crippen LogP contribution is -2.44. The standard InChI is InChI=1S/C19H24N4O3/c1-13-6-4-5-7-17(13)26-11-16(24)19(25)23-9-8-14-15(10-23)20-12-21-18(14)22(2)3/h4-7,12,16,24H,8-11H2,1-3H3. The third-order valence-corrected chi connectivity index (χ3v) is 4.49. The number of nitrogens with zero attached hydrogens (tertiary/aromatic N) is 4. The highest BCUT2D eigenvalue weighted by Crippen LogP contribution is 2.24. The van der Waals surface area contributed by atoms with Crippen molar-refractivity contribution in [3.63, 3.8) is 0 Å². The molecule has 0 aliphatic carbocycles. The van der Waals surface area contributed by atoms with Gasteiger partial charge in [0.25, 0.3) is 5.91 Å². The van der Waals surface area contributed by atoms with Crippen LogP contribution in [0.3, 0.4) is 0 Å². The number of hydrogen-bond donors (Lipinski definition) is 1. The smallest absolute Gasteiger partial charge is 0.255 e. The number of benzene rings is 1. The number of carbonyl (C=O) groups excluding carboxylic acids is 1. The number of aromatic nitrogens is 2. The molecule has 3 rings (SSSR count). The van der Waals surface area contributed by atoms with Crippen LogP contribution in [0.4, 0.5) is 5.82 Å². The number of hydrogen-bond acceptors (Lipinski definition) is 6. The van der Waals surface area contributed by atoms with E-state index >= 15 is 0 Å². The van der Waals surface area contributed by atoms with E-state index in [1.165, 1.54) is 6.33 Å². The summed E-state index contributed by atoms with van der Waals surface area (Å²) in [5, 5.41) is 10.3. The van der Waals surface area contributed by atoms with Gasteiger partial charge in [-0.1, -0.05) is 18.2 Å². The van der Waals surface area contributed by atoms with Crippen molar-refractivity contribution in [3.05, 3.63) is 47.4 Å². The fraction of sp³-hybridized carbons (Fsp3) is 0.421. The van der Waals surface area contributed by atoms with Crippen LogP contribution in [0.15, 0.2) is 30.6 Å². The molecule has 2 aromatic rings. The maximum absolute atomic E-state index is 12.6. The summed E-state index contributed by atoms with van der Waals surface area (Å²) in [6, 6.07) is 7.52. The Balaban J connectivity index is 1.64. The molecule has 1 amide bonds. The zero-order valence-corrected chi connectivity index (χ0v) is 15.3. The Labute approximate surface area is 153 Å². The third-order valence-electron chi connectivity index (χ3n) is 4.49. The Bertz CT molecular complexity index is 794. The maximum atomic E-state index is 12.6. The predicted molar refractivity (Wildman–Crippen MR) is 98.2 cm³/mol. The summed E-state index contributed by atoms with van der Waals surface area (Å²) < 4.78 is 5.60. The number of carbonyl (C=O) groups is 1. The molecule has 2 heterocycles. The fourth-order valence-electron chi connectivity index (χ4n) is 3.08. The lowest BCUT2D eigenvalue weighted by molar-refractivity contribution is -0.142. The normalized spacial score (nSPS) is 14.5. The molecule has 1 atom stereocenters. The molecular formula is C19H24N4O3. The lowest BCUT2D eigenvalue weighted by Gasteiger charge is -2.31. The number of amides is 1. The van der Waals surface area contributed by atoms with Crippen LogP contribution >= 0.6 is 0 Å². The van der Waals surface area contributed by atoms with Crippen molar-refractivity contribution < 1.29 is 14.6 Å². The number of ether oxygens (including phenoxy) is 1. The van der Waals surface area contributed by atoms with Gasteiger partial charge in [-0.05, 0) is 25.0 Å². The van der Waals surface area contributed by atoms with Crippen LogP contribution < -0.4 is 9.64 Å². The van der Waals surface area contributed by atoms with Gasteiger partial charge in [0.1, 0.15) is 24.5 Å². The van der Waals surface area contributed by atoms with E-state index in [4.69, 9.17) is 4.74 Å². The van der Waals surface area contributed by atoms with Crippen LogP contribution in [0.25, 0.3) is 0 Å². The van der Waals surface area contributed by atoms with E-state index < -0.39 is 6.10 Å². The monoisotopic (exact) mass is 356 g/mol. The summed E-state index contributed by atoms with van der Waals surface area (Å²) in [6.07, 6.45) is 0.979. The molecule has 1 aliphatic rings. The van der Waals surface area contributed by atoms with Crippen molar-refractivity contribution in [3.8, 4) is 5.75 Å². The van der Waals surface area contributed by atoms with E-state index in [9.17, 15) is 9.90 Å². The second-order valence-electron chi connectivity index (χ2n) is 6.62. The summed E-state index contributed by atoms with van der Waals surface area (Å²) in [6.45, 7) is 2.76. The van der Waals surface area contributed by atoms with E-state index in [0.29, 0.717) is 25.3 Å². The molecule has 1 aromatic heterocycles. The molecule has 0 fully saturated rings. The highest BCUT2D eigenvalue weighted by atomic mass is 16.5. The fourth-order valence-corrected chi connectivity index (χ4v) is 3.08. The van der Waals surface area contributed by atoms with Crippen LogP contribution in [0.5, 0.6) is 5.75 Å². The second kappa shape index (κ2) is 7.70. The molecule has 0 radical (unpaired) electrons. The quantitative estimate of drug-likeness (QED) is 0.867. The number of aliphatic hydroxyl groups excluding tert-OH is 1. The van der Waals surface area contributed by atoms with E-state index in [0.717, 1.165) is 22.6 Å². The highest BCUT2D eigenvalue weighted by Gasteiger charge is 2.28. The third kappa shape index (κ3) is 3.77. The molecule has 1 N–H and O–H groups in total. The minimum absolute atomic E-state index is 0.0697. The van der Waals surface area contributed by atoms with Crippen molar-refractivity contribution >= 4 is 11.7 Å². The molecule has 0 saturated carbocycles. The van der Waals surface area contributed by atoms with Gasteiger partial charge in [-0.15, -0.1) is 0 Å². The van der Waals surface area contributed by atoms with Crippen molar-refractivity contribution in [2.45, 2.75) is 26.0 Å². The first-order chi connectivity index (χ1) is 12.5. The topological polar surface area (TPSA) is 78.8 Å². The van der Waals surface area contributed by atoms with Gasteiger partial charge < -0.3 is 19.6 Å². The molecule has 138 valence electrons. The van der Waals surface area contributed by atoms with E-state index in [1.54, 1.807) is 4.90 Å². The average Bonchev–Trinajstić information content (AvgIpc) is 2.65. The lowest BCUT2D eigenvalue weighted by atomic mass is 10.0. The zero-order valence-electron chi connectivity index (χ0n) is 15.3. The molecule has 26 heavy (non-hydrogen) atoms. The van der Waals surface area contributed by atoms with Crippen molar-refractivity contribution in [1.29, 1.82) is 0 Å². The summed E-state index contributed by atoms with van der Waals surface area (Å²) >= 11 is 0. The Morgan fingerprint density at radius 1 is 1.35 bits per heavy atom. The highest BCUT2D eigenvalue weighted by molar-refractivity contribution is 5.81. The van der Waals surface area contributed by atoms with Crippen LogP contribution in [0.2, 0.25) is 0 Å². The van der Waals surface area contributed by atoms with Gasteiger partial charge in [0.05, 0.1) is 12.2 Å². The SMILES string of the molecule is Cc1ccccc1OCC(O)C(=O)N1CCc2c(ncnc2N(C)C)C1. The molecule has 7 nitrogen and oxygen atoms in total. The van der Waals surface area contributed by atoms with Gasteiger partial charge in [-0.2, -0.15) is 0 Å². The molecule has 1 unspecified atom stereocenters. The van der Waals surface area contributed by atoms with E-state index in [-0.39, 0.29) is 12.5 Å². The average molecular weight is 356 g/mol. The number of aliphatic hydroxyl groups is 1. The predicted octanol–water partition coefficient (Wildman–Crippen LogP) is 1.18. The molecule has 0 spiro atoms. The summed E-state index contributed by atoms with van der Waals surface area (Å²) in [4.78, 5) is 24.8. The van der Waals surface area contributed by atoms with Crippen LogP contribution in [0.1, 0.15) is 16.8 Å². The van der Waals surface area contributed by atoms with Gasteiger partial charge in [-0.25, -0.2) is 9.97 Å². The molecular weight excluding hydrogens is 332 g/mol. The first-order valence-corrected chi connectivity index (χ1v) is 8.62. The van der Waals surface area contributed by atoms with Crippen molar-refractivity contribution in [2.75, 3.05) is 32.1 Å². The Hall–Kier alpha value is -2.67. The van der Waals surface area contributed by atoms with E-state index in [1.807, 2.05) is 50.2 Å². The molecule has 1 aromatic carbocycles. The Morgan fingerprint density at radius 3 is 2.85 bits per heavy atom. The second-order valence-corrected chi connectivity index (χ2v) is 6.62. The number of fused-ring (bicyclic) bond motifs is 1. The number of aryl methyl sites for hydroxylation is 1. The summed E-state index contributed by atoms with van der Waals surface area (Å²) in [7, 11) is 3.87. The largest absolute Gasteiger partial charge is 0.490 e. The van der Waals surface area contributed by atoms with Gasteiger partial charge in [0.2, 0.25) is 0 Å². The van der Waals surface area contributed by atoms with Crippen LogP contribution in [-0.4, -0.2) is 59.2 Å². The molecule has 7 heteroatoms. The summed E-state index contributed by atoms with van der Waals surface area (Å²) in [5.41, 5.74) is 2.86. The first-order valence-electron chi connectivity index (χ1n) is 8.62. The summed E-state index contributed by atoms with van der Waals surface area (Å²) in [5.74, 6) is 1.21. The van der Waals surface area contributed by atoms with Gasteiger partial charge in [-0.3, -0.25) is 4.79 Å². The first kappa shape index (κ1) is 18.1. The van der Waals surface area contributed by atoms with E-state index in [2.05, 4.69) is 9.97 Å². The van der Waals surface area contributed by atoms with Gasteiger partial charge >= 0.3 is 0 Å². The van der Waals surface area contributed by atoms with Crippen LogP contribution in [-0.2, 0) is 17.8 Å². The van der Waals surface area contributed by atoms with Crippen molar-refractivity contribution in [1.82, 2.24) is 14.9 Å². The van der Waals surface area contributed by atoms with Gasteiger partial charge in [0, 0.05) is 26.2 Å². The molecule has 0 saturated heterocycles. The Kier molecular flexibility index (Phi) is 5.37. The van der Waals surface area contributed by atoms with Crippen molar-refractivity contribution in [2.24, 2.45) is 0 Å². The maximum Gasteiger partial charge on any atom is 0.255 e. The Morgan fingerprint density at radius 2 is 2.12 bits per heavy atom. The van der Waals surface area contributed by atoms with Gasteiger partial charge in [0.15, 0.2) is 6.10 Å². The van der Waals surface area contributed by atoms with Crippen LogP contribution in [0, 0.1) is 6.92 Å². The minimum atomic E-state index is -1.20. The number of para-hydroxylation sites is 1. The zero-order chi connectivity index (χ0) is 18.7. The number of anilines is 1. The number of rotatable bonds is 5. The molecule has 1 aliphatic heterocycles. The molecule has 0 bridgehead atoms.